The van der Waals surface area contributed by atoms with Gasteiger partial charge in [0, 0.05) is 11.8 Å². The molecule has 1 aromatic heterocycles. The summed E-state index contributed by atoms with van der Waals surface area (Å²) < 4.78 is 23.8. The van der Waals surface area contributed by atoms with E-state index in [9.17, 15) is 13.2 Å². The van der Waals surface area contributed by atoms with Crippen LogP contribution in [0, 0.1) is 0 Å². The van der Waals surface area contributed by atoms with Crippen molar-refractivity contribution >= 4 is 27.3 Å². The second-order valence-corrected chi connectivity index (χ2v) is 7.06. The van der Waals surface area contributed by atoms with Gasteiger partial charge in [-0.25, -0.2) is 13.4 Å². The molecule has 0 fully saturated rings. The second-order valence-electron chi connectivity index (χ2n) is 4.37. The van der Waals surface area contributed by atoms with Crippen LogP contribution in [0.5, 0.6) is 0 Å². The molecule has 20 heavy (non-hydrogen) atoms. The van der Waals surface area contributed by atoms with E-state index in [2.05, 4.69) is 4.98 Å². The van der Waals surface area contributed by atoms with E-state index in [1.807, 2.05) is 35.1 Å². The predicted octanol–water partition coefficient (Wildman–Crippen LogP) is 1.35. The van der Waals surface area contributed by atoms with Crippen molar-refractivity contribution in [2.75, 3.05) is 6.26 Å². The lowest BCUT2D eigenvalue weighted by Crippen LogP contribution is -2.30. The average molecular weight is 310 g/mol. The Bertz CT molecular complexity index is 693. The van der Waals surface area contributed by atoms with E-state index in [1.165, 1.54) is 11.3 Å². The third-order valence-corrected chi connectivity index (χ3v) is 3.93. The number of aromatic nitrogens is 1. The summed E-state index contributed by atoms with van der Waals surface area (Å²) in [6, 6.07) is 9.90. The van der Waals surface area contributed by atoms with Gasteiger partial charge < -0.3 is 0 Å². The van der Waals surface area contributed by atoms with E-state index in [4.69, 9.17) is 0 Å². The number of thiazole rings is 1. The molecule has 0 atom stereocenters. The molecule has 0 aliphatic heterocycles. The molecule has 0 spiro atoms. The summed E-state index contributed by atoms with van der Waals surface area (Å²) in [7, 11) is -3.51. The topological polar surface area (TPSA) is 76.1 Å². The molecule has 5 nitrogen and oxygen atoms in total. The van der Waals surface area contributed by atoms with E-state index in [-0.39, 0.29) is 6.42 Å². The number of carbonyl (C=O) groups is 1. The first kappa shape index (κ1) is 14.7. The molecule has 1 N–H and O–H groups in total. The van der Waals surface area contributed by atoms with Gasteiger partial charge in [0.25, 0.3) is 0 Å². The van der Waals surface area contributed by atoms with Crippen LogP contribution in [0.2, 0.25) is 0 Å². The minimum atomic E-state index is -3.51. The average Bonchev–Trinajstić information content (AvgIpc) is 2.75. The van der Waals surface area contributed by atoms with Crippen molar-refractivity contribution in [1.82, 2.24) is 9.71 Å². The van der Waals surface area contributed by atoms with Crippen LogP contribution in [0.4, 0.5) is 0 Å². The van der Waals surface area contributed by atoms with Crippen LogP contribution in [-0.4, -0.2) is 25.6 Å². The van der Waals surface area contributed by atoms with Gasteiger partial charge in [0.1, 0.15) is 0 Å². The maximum absolute atomic E-state index is 11.5. The number of hydrogen-bond donors (Lipinski definition) is 1. The number of nitrogens with zero attached hydrogens (tertiary/aromatic N) is 1. The Morgan fingerprint density at radius 2 is 2.00 bits per heavy atom. The molecule has 0 saturated carbocycles. The highest BCUT2D eigenvalue weighted by molar-refractivity contribution is 7.89. The number of amides is 1. The fraction of sp³-hybridized carbons (Fsp3) is 0.231. The van der Waals surface area contributed by atoms with Crippen molar-refractivity contribution < 1.29 is 13.2 Å². The first-order valence-electron chi connectivity index (χ1n) is 5.90. The Morgan fingerprint density at radius 1 is 1.30 bits per heavy atom. The van der Waals surface area contributed by atoms with E-state index >= 15 is 0 Å². The number of hydrogen-bond acceptors (Lipinski definition) is 5. The molecule has 0 bridgehead atoms. The first-order valence-corrected chi connectivity index (χ1v) is 8.67. The molecule has 0 aliphatic rings. The number of sulfonamides is 1. The number of carbonyl (C=O) groups excluding carboxylic acids is 1. The van der Waals surface area contributed by atoms with Gasteiger partial charge in [0.05, 0.1) is 23.4 Å². The van der Waals surface area contributed by atoms with E-state index in [0.717, 1.165) is 16.8 Å². The predicted molar refractivity (Wildman–Crippen MR) is 78.1 cm³/mol. The maximum Gasteiger partial charge on any atom is 0.239 e. The molecule has 2 rings (SSSR count). The zero-order chi connectivity index (χ0) is 14.6. The molecule has 0 aliphatic carbocycles. The van der Waals surface area contributed by atoms with Gasteiger partial charge in [-0.1, -0.05) is 30.3 Å². The van der Waals surface area contributed by atoms with Gasteiger partial charge in [-0.15, -0.1) is 11.3 Å². The Labute approximate surface area is 121 Å². The molecule has 1 aromatic carbocycles. The Balaban J connectivity index is 1.97. The first-order chi connectivity index (χ1) is 9.42. The molecule has 0 saturated heterocycles. The van der Waals surface area contributed by atoms with Crippen LogP contribution in [0.15, 0.2) is 35.7 Å². The molecule has 7 heteroatoms. The van der Waals surface area contributed by atoms with E-state index < -0.39 is 15.9 Å². The standard InChI is InChI=1S/C13H14N2O3S2/c1-20(17,18)15-12(16)8-11-9-19-13(14-11)7-10-5-3-2-4-6-10/h2-6,9H,7-8H2,1H3,(H,15,16). The zero-order valence-corrected chi connectivity index (χ0v) is 12.5. The fourth-order valence-corrected chi connectivity index (χ4v) is 3.00. The van der Waals surface area contributed by atoms with Crippen molar-refractivity contribution in [3.05, 3.63) is 52.0 Å². The number of nitrogens with one attached hydrogen (secondary N) is 1. The Hall–Kier alpha value is -1.73. The van der Waals surface area contributed by atoms with Crippen LogP contribution >= 0.6 is 11.3 Å². The molecule has 0 unspecified atom stereocenters. The number of benzene rings is 1. The molecule has 1 amide bonds. The summed E-state index contributed by atoms with van der Waals surface area (Å²) in [6.45, 7) is 0. The minimum absolute atomic E-state index is 0.0294. The highest BCUT2D eigenvalue weighted by Gasteiger charge is 2.11. The molecule has 106 valence electrons. The van der Waals surface area contributed by atoms with Crippen LogP contribution in [0.25, 0.3) is 0 Å². The fourth-order valence-electron chi connectivity index (χ4n) is 1.69. The largest absolute Gasteiger partial charge is 0.274 e. The summed E-state index contributed by atoms with van der Waals surface area (Å²) in [5.41, 5.74) is 1.73. The lowest BCUT2D eigenvalue weighted by molar-refractivity contribution is -0.118. The Morgan fingerprint density at radius 3 is 2.65 bits per heavy atom. The van der Waals surface area contributed by atoms with Crippen molar-refractivity contribution in [3.63, 3.8) is 0 Å². The lowest BCUT2D eigenvalue weighted by atomic mass is 10.2. The highest BCUT2D eigenvalue weighted by atomic mass is 32.2. The van der Waals surface area contributed by atoms with Gasteiger partial charge in [-0.3, -0.25) is 9.52 Å². The van der Waals surface area contributed by atoms with Crippen molar-refractivity contribution in [3.8, 4) is 0 Å². The third-order valence-electron chi connectivity index (χ3n) is 2.44. The van der Waals surface area contributed by atoms with E-state index in [1.54, 1.807) is 5.38 Å². The normalized spacial score (nSPS) is 11.2. The molecule has 0 radical (unpaired) electrons. The van der Waals surface area contributed by atoms with E-state index in [0.29, 0.717) is 12.1 Å². The minimum Gasteiger partial charge on any atom is -0.274 e. The van der Waals surface area contributed by atoms with Gasteiger partial charge in [0.15, 0.2) is 0 Å². The quantitative estimate of drug-likeness (QED) is 0.904. The van der Waals surface area contributed by atoms with Crippen LogP contribution < -0.4 is 4.72 Å². The van der Waals surface area contributed by atoms with Gasteiger partial charge in [-0.2, -0.15) is 0 Å². The summed E-state index contributed by atoms with van der Waals surface area (Å²) in [5.74, 6) is -0.566. The van der Waals surface area contributed by atoms with Crippen molar-refractivity contribution in [2.45, 2.75) is 12.8 Å². The van der Waals surface area contributed by atoms with Crippen molar-refractivity contribution in [2.24, 2.45) is 0 Å². The highest BCUT2D eigenvalue weighted by Crippen LogP contribution is 2.15. The molecule has 1 heterocycles. The van der Waals surface area contributed by atoms with Crippen LogP contribution in [0.3, 0.4) is 0 Å². The van der Waals surface area contributed by atoms with Gasteiger partial charge >= 0.3 is 0 Å². The smallest absolute Gasteiger partial charge is 0.239 e. The summed E-state index contributed by atoms with van der Waals surface area (Å²) >= 11 is 1.46. The Kier molecular flexibility index (Phi) is 4.51. The summed E-state index contributed by atoms with van der Waals surface area (Å²) in [4.78, 5) is 15.8. The van der Waals surface area contributed by atoms with Gasteiger partial charge in [0.2, 0.25) is 15.9 Å². The van der Waals surface area contributed by atoms with Gasteiger partial charge in [-0.05, 0) is 5.56 Å². The van der Waals surface area contributed by atoms with Crippen LogP contribution in [0.1, 0.15) is 16.3 Å². The summed E-state index contributed by atoms with van der Waals surface area (Å²) in [5, 5.41) is 2.68. The lowest BCUT2D eigenvalue weighted by Gasteiger charge is -2.00. The monoisotopic (exact) mass is 310 g/mol. The summed E-state index contributed by atoms with van der Waals surface area (Å²) in [6.07, 6.45) is 1.63. The number of rotatable bonds is 5. The molecule has 2 aromatic rings. The van der Waals surface area contributed by atoms with Crippen molar-refractivity contribution in [1.29, 1.82) is 0 Å². The zero-order valence-electron chi connectivity index (χ0n) is 10.9. The molecular weight excluding hydrogens is 296 g/mol. The van der Waals surface area contributed by atoms with Crippen LogP contribution in [-0.2, 0) is 27.7 Å². The third kappa shape index (κ3) is 4.75. The maximum atomic E-state index is 11.5. The SMILES string of the molecule is CS(=O)(=O)NC(=O)Cc1csc(Cc2ccccc2)n1. The molecular formula is C13H14N2O3S2. The second kappa shape index (κ2) is 6.15.